The lowest BCUT2D eigenvalue weighted by atomic mass is 10.0. The molecule has 0 saturated heterocycles. The van der Waals surface area contributed by atoms with E-state index in [-0.39, 0.29) is 12.4 Å². The molecular formula is C23H22O4. The van der Waals surface area contributed by atoms with E-state index in [0.717, 1.165) is 16.7 Å². The van der Waals surface area contributed by atoms with Gasteiger partial charge in [0.2, 0.25) is 0 Å². The van der Waals surface area contributed by atoms with Gasteiger partial charge in [-0.1, -0.05) is 54.6 Å². The first-order chi connectivity index (χ1) is 13.2. The molecule has 0 atom stereocenters. The van der Waals surface area contributed by atoms with Crippen molar-refractivity contribution in [2.24, 2.45) is 0 Å². The zero-order chi connectivity index (χ0) is 19.1. The molecule has 0 aliphatic heterocycles. The number of hydrogen-bond acceptors (Lipinski definition) is 4. The summed E-state index contributed by atoms with van der Waals surface area (Å²) >= 11 is 0. The summed E-state index contributed by atoms with van der Waals surface area (Å²) in [5.74, 6) is 1.62. The van der Waals surface area contributed by atoms with Gasteiger partial charge in [0.25, 0.3) is 0 Å². The normalized spacial score (nSPS) is 10.3. The quantitative estimate of drug-likeness (QED) is 0.442. The molecule has 4 heteroatoms. The Morgan fingerprint density at radius 2 is 1.48 bits per heavy atom. The van der Waals surface area contributed by atoms with Gasteiger partial charge in [-0.05, 0) is 35.7 Å². The summed E-state index contributed by atoms with van der Waals surface area (Å²) in [6, 6.07) is 23.1. The number of rotatable bonds is 7. The second-order valence-electron chi connectivity index (χ2n) is 6.03. The average molecular weight is 362 g/mol. The van der Waals surface area contributed by atoms with Gasteiger partial charge in [0.1, 0.15) is 5.75 Å². The van der Waals surface area contributed by atoms with E-state index in [4.69, 9.17) is 14.2 Å². The number of esters is 1. The van der Waals surface area contributed by atoms with Crippen LogP contribution in [0.25, 0.3) is 11.1 Å². The largest absolute Gasteiger partial charge is 0.493 e. The fraction of sp³-hybridized carbons (Fsp3) is 0.174. The summed E-state index contributed by atoms with van der Waals surface area (Å²) < 4.78 is 16.2. The van der Waals surface area contributed by atoms with Crippen LogP contribution in [0.15, 0.2) is 72.8 Å². The molecule has 0 amide bonds. The lowest BCUT2D eigenvalue weighted by Gasteiger charge is -2.11. The van der Waals surface area contributed by atoms with Crippen LogP contribution in [0.5, 0.6) is 17.2 Å². The third-order valence-corrected chi connectivity index (χ3v) is 4.26. The molecule has 3 aromatic rings. The third kappa shape index (κ3) is 4.67. The molecule has 0 spiro atoms. The highest BCUT2D eigenvalue weighted by atomic mass is 16.5. The lowest BCUT2D eigenvalue weighted by Crippen LogP contribution is -2.09. The standard InChI is InChI=1S/C23H22O4/c1-25-21-14-12-17(16-22(21)26-2)13-15-23(24)27-20-11-7-6-10-19(20)18-8-4-3-5-9-18/h3-12,14,16H,13,15H2,1-2H3. The van der Waals surface area contributed by atoms with Gasteiger partial charge in [-0.15, -0.1) is 0 Å². The van der Waals surface area contributed by atoms with Gasteiger partial charge in [0.15, 0.2) is 11.5 Å². The number of aryl methyl sites for hydroxylation is 1. The molecule has 0 aliphatic rings. The first-order valence-electron chi connectivity index (χ1n) is 8.77. The van der Waals surface area contributed by atoms with Crippen LogP contribution in [0, 0.1) is 0 Å². The van der Waals surface area contributed by atoms with Gasteiger partial charge < -0.3 is 14.2 Å². The highest BCUT2D eigenvalue weighted by Crippen LogP contribution is 2.30. The molecule has 27 heavy (non-hydrogen) atoms. The van der Waals surface area contributed by atoms with E-state index in [0.29, 0.717) is 23.7 Å². The topological polar surface area (TPSA) is 44.8 Å². The molecule has 0 bridgehead atoms. The highest BCUT2D eigenvalue weighted by Gasteiger charge is 2.12. The van der Waals surface area contributed by atoms with Gasteiger partial charge in [0, 0.05) is 12.0 Å². The highest BCUT2D eigenvalue weighted by molar-refractivity contribution is 5.78. The molecule has 3 aromatic carbocycles. The van der Waals surface area contributed by atoms with Crippen molar-refractivity contribution < 1.29 is 19.0 Å². The summed E-state index contributed by atoms with van der Waals surface area (Å²) in [7, 11) is 3.19. The van der Waals surface area contributed by atoms with Gasteiger partial charge in [-0.2, -0.15) is 0 Å². The fourth-order valence-corrected chi connectivity index (χ4v) is 2.87. The maximum absolute atomic E-state index is 12.4. The van der Waals surface area contributed by atoms with Crippen LogP contribution in [0.3, 0.4) is 0 Å². The molecule has 0 unspecified atom stereocenters. The van der Waals surface area contributed by atoms with Crippen molar-refractivity contribution in [1.29, 1.82) is 0 Å². The van der Waals surface area contributed by atoms with Crippen molar-refractivity contribution in [3.8, 4) is 28.4 Å². The van der Waals surface area contributed by atoms with Crippen LogP contribution in [-0.2, 0) is 11.2 Å². The smallest absolute Gasteiger partial charge is 0.311 e. The van der Waals surface area contributed by atoms with Crippen LogP contribution in [0.2, 0.25) is 0 Å². The molecule has 0 N–H and O–H groups in total. The van der Waals surface area contributed by atoms with Crippen molar-refractivity contribution in [2.75, 3.05) is 14.2 Å². The van der Waals surface area contributed by atoms with Crippen molar-refractivity contribution in [3.05, 3.63) is 78.4 Å². The molecule has 3 rings (SSSR count). The Kier molecular flexibility index (Phi) is 6.10. The average Bonchev–Trinajstić information content (AvgIpc) is 2.73. The second kappa shape index (κ2) is 8.90. The van der Waals surface area contributed by atoms with Crippen LogP contribution in [-0.4, -0.2) is 20.2 Å². The number of para-hydroxylation sites is 1. The van der Waals surface area contributed by atoms with E-state index in [9.17, 15) is 4.79 Å². The minimum Gasteiger partial charge on any atom is -0.493 e. The molecule has 0 aromatic heterocycles. The Bertz CT molecular complexity index is 903. The van der Waals surface area contributed by atoms with E-state index in [1.54, 1.807) is 14.2 Å². The second-order valence-corrected chi connectivity index (χ2v) is 6.03. The molecular weight excluding hydrogens is 340 g/mol. The van der Waals surface area contributed by atoms with E-state index in [1.807, 2.05) is 72.8 Å². The summed E-state index contributed by atoms with van der Waals surface area (Å²) in [6.07, 6.45) is 0.839. The van der Waals surface area contributed by atoms with Gasteiger partial charge >= 0.3 is 5.97 Å². The fourth-order valence-electron chi connectivity index (χ4n) is 2.87. The van der Waals surface area contributed by atoms with E-state index < -0.39 is 0 Å². The van der Waals surface area contributed by atoms with E-state index in [2.05, 4.69) is 0 Å². The monoisotopic (exact) mass is 362 g/mol. The summed E-state index contributed by atoms with van der Waals surface area (Å²) in [6.45, 7) is 0. The zero-order valence-electron chi connectivity index (χ0n) is 15.5. The first kappa shape index (κ1) is 18.5. The van der Waals surface area contributed by atoms with Crippen LogP contribution >= 0.6 is 0 Å². The Morgan fingerprint density at radius 1 is 0.778 bits per heavy atom. The van der Waals surface area contributed by atoms with Gasteiger partial charge in [-0.25, -0.2) is 0 Å². The van der Waals surface area contributed by atoms with E-state index >= 15 is 0 Å². The summed E-state index contributed by atoms with van der Waals surface area (Å²) in [4.78, 5) is 12.4. The molecule has 0 radical (unpaired) electrons. The number of methoxy groups -OCH3 is 2. The molecule has 4 nitrogen and oxygen atoms in total. The Labute approximate surface area is 159 Å². The summed E-state index contributed by atoms with van der Waals surface area (Å²) in [5.41, 5.74) is 2.90. The predicted octanol–water partition coefficient (Wildman–Crippen LogP) is 4.91. The number of carbonyl (C=O) groups excluding carboxylic acids is 1. The number of ether oxygens (including phenoxy) is 3. The Hall–Kier alpha value is -3.27. The maximum atomic E-state index is 12.4. The number of benzene rings is 3. The van der Waals surface area contributed by atoms with Crippen LogP contribution < -0.4 is 14.2 Å². The van der Waals surface area contributed by atoms with Gasteiger partial charge in [0.05, 0.1) is 14.2 Å². The van der Waals surface area contributed by atoms with Crippen molar-refractivity contribution >= 4 is 5.97 Å². The lowest BCUT2D eigenvalue weighted by molar-refractivity contribution is -0.134. The number of hydrogen-bond donors (Lipinski definition) is 0. The van der Waals surface area contributed by atoms with Crippen LogP contribution in [0.4, 0.5) is 0 Å². The predicted molar refractivity (Wildman–Crippen MR) is 105 cm³/mol. The van der Waals surface area contributed by atoms with Crippen molar-refractivity contribution in [1.82, 2.24) is 0 Å². The molecule has 0 saturated carbocycles. The molecule has 0 aliphatic carbocycles. The van der Waals surface area contributed by atoms with Crippen molar-refractivity contribution in [3.63, 3.8) is 0 Å². The SMILES string of the molecule is COc1ccc(CCC(=O)Oc2ccccc2-c2ccccc2)cc1OC. The number of carbonyl (C=O) groups is 1. The minimum atomic E-state index is -0.270. The van der Waals surface area contributed by atoms with E-state index in [1.165, 1.54) is 0 Å². The zero-order valence-corrected chi connectivity index (χ0v) is 15.5. The Morgan fingerprint density at radius 3 is 2.22 bits per heavy atom. The first-order valence-corrected chi connectivity index (χ1v) is 8.77. The maximum Gasteiger partial charge on any atom is 0.311 e. The Balaban J connectivity index is 1.67. The third-order valence-electron chi connectivity index (χ3n) is 4.26. The van der Waals surface area contributed by atoms with Crippen LogP contribution in [0.1, 0.15) is 12.0 Å². The molecule has 138 valence electrons. The minimum absolute atomic E-state index is 0.270. The summed E-state index contributed by atoms with van der Waals surface area (Å²) in [5, 5.41) is 0. The molecule has 0 heterocycles. The molecule has 0 fully saturated rings. The van der Waals surface area contributed by atoms with Gasteiger partial charge in [-0.3, -0.25) is 4.79 Å². The van der Waals surface area contributed by atoms with Crippen molar-refractivity contribution in [2.45, 2.75) is 12.8 Å².